The van der Waals surface area contributed by atoms with Crippen LogP contribution in [-0.2, 0) is 30.8 Å². The smallest absolute Gasteiger partial charge is 0.244 e. The van der Waals surface area contributed by atoms with E-state index in [2.05, 4.69) is 5.32 Å². The number of rotatable bonds is 7. The van der Waals surface area contributed by atoms with E-state index < -0.39 is 10.0 Å². The van der Waals surface area contributed by atoms with Crippen molar-refractivity contribution in [3.05, 3.63) is 48.0 Å². The quantitative estimate of drug-likeness (QED) is 0.643. The number of hydrogen-bond acceptors (Lipinski definition) is 6. The first-order valence-corrected chi connectivity index (χ1v) is 12.9. The second-order valence-corrected chi connectivity index (χ2v) is 10.1. The van der Waals surface area contributed by atoms with Gasteiger partial charge in [0.15, 0.2) is 0 Å². The van der Waals surface area contributed by atoms with E-state index in [4.69, 9.17) is 9.47 Å². The number of ether oxygens (including phenoxy) is 2. The lowest BCUT2D eigenvalue weighted by atomic mass is 10.1. The number of benzene rings is 2. The maximum absolute atomic E-state index is 13.1. The minimum atomic E-state index is -3.66. The molecule has 9 nitrogen and oxygen atoms in total. The number of nitrogens with zero attached hydrogens (tertiary/aromatic N) is 2. The van der Waals surface area contributed by atoms with Crippen molar-refractivity contribution < 1.29 is 27.5 Å². The highest BCUT2D eigenvalue weighted by atomic mass is 32.2. The van der Waals surface area contributed by atoms with Crippen LogP contribution < -0.4 is 15.0 Å². The Morgan fingerprint density at radius 3 is 2.65 bits per heavy atom. The van der Waals surface area contributed by atoms with Crippen molar-refractivity contribution in [1.29, 1.82) is 0 Å². The molecule has 0 bridgehead atoms. The van der Waals surface area contributed by atoms with Crippen LogP contribution in [0, 0.1) is 0 Å². The highest BCUT2D eigenvalue weighted by molar-refractivity contribution is 7.89. The molecule has 0 radical (unpaired) electrons. The summed E-state index contributed by atoms with van der Waals surface area (Å²) in [5.74, 6) is 0.0213. The van der Waals surface area contributed by atoms with Gasteiger partial charge in [0, 0.05) is 25.2 Å². The van der Waals surface area contributed by atoms with E-state index in [0.29, 0.717) is 62.9 Å². The van der Waals surface area contributed by atoms with E-state index in [1.54, 1.807) is 30.3 Å². The molecule has 2 aliphatic rings. The third-order valence-electron chi connectivity index (χ3n) is 5.85. The predicted molar refractivity (Wildman–Crippen MR) is 128 cm³/mol. The molecule has 2 aliphatic heterocycles. The molecule has 182 valence electrons. The van der Waals surface area contributed by atoms with Gasteiger partial charge in [0.05, 0.1) is 30.4 Å². The van der Waals surface area contributed by atoms with E-state index in [-0.39, 0.29) is 29.7 Å². The molecule has 0 aliphatic carbocycles. The van der Waals surface area contributed by atoms with Crippen LogP contribution in [0.2, 0.25) is 0 Å². The maximum Gasteiger partial charge on any atom is 0.244 e. The van der Waals surface area contributed by atoms with E-state index >= 15 is 0 Å². The summed E-state index contributed by atoms with van der Waals surface area (Å²) < 4.78 is 38.4. The van der Waals surface area contributed by atoms with Gasteiger partial charge in [-0.25, -0.2) is 8.42 Å². The number of para-hydroxylation sites is 2. The van der Waals surface area contributed by atoms with Gasteiger partial charge < -0.3 is 19.7 Å². The van der Waals surface area contributed by atoms with Crippen LogP contribution in [0.15, 0.2) is 47.4 Å². The Bertz CT molecular complexity index is 1160. The molecular weight excluding hydrogens is 458 g/mol. The Morgan fingerprint density at radius 1 is 1.12 bits per heavy atom. The van der Waals surface area contributed by atoms with Gasteiger partial charge in [-0.05, 0) is 55.7 Å². The number of fused-ring (bicyclic) bond motifs is 1. The zero-order valence-electron chi connectivity index (χ0n) is 19.2. The number of nitrogens with one attached hydrogen (secondary N) is 1. The molecule has 34 heavy (non-hydrogen) atoms. The van der Waals surface area contributed by atoms with Gasteiger partial charge >= 0.3 is 0 Å². The second-order valence-electron chi connectivity index (χ2n) is 8.12. The first-order chi connectivity index (χ1) is 16.4. The lowest BCUT2D eigenvalue weighted by molar-refractivity contribution is -0.121. The highest BCUT2D eigenvalue weighted by Crippen LogP contribution is 2.31. The Hall–Kier alpha value is -2.95. The van der Waals surface area contributed by atoms with Crippen LogP contribution in [0.1, 0.15) is 25.3 Å². The average Bonchev–Trinajstić information content (AvgIpc) is 2.99. The average molecular weight is 488 g/mol. The first-order valence-electron chi connectivity index (χ1n) is 11.4. The molecule has 2 amide bonds. The highest BCUT2D eigenvalue weighted by Gasteiger charge is 2.30. The number of hydrogen-bond donors (Lipinski definition) is 1. The van der Waals surface area contributed by atoms with Crippen molar-refractivity contribution in [3.8, 4) is 5.75 Å². The fraction of sp³-hybridized carbons (Fsp3) is 0.417. The Morgan fingerprint density at radius 2 is 1.88 bits per heavy atom. The monoisotopic (exact) mass is 487 g/mol. The van der Waals surface area contributed by atoms with Crippen molar-refractivity contribution in [3.63, 3.8) is 0 Å². The molecule has 0 aromatic heterocycles. The second kappa shape index (κ2) is 10.5. The number of carbonyl (C=O) groups excluding carboxylic acids is 2. The molecular formula is C24H29N3O6S. The van der Waals surface area contributed by atoms with Gasteiger partial charge in [-0.1, -0.05) is 12.1 Å². The van der Waals surface area contributed by atoms with Gasteiger partial charge in [-0.15, -0.1) is 0 Å². The first kappa shape index (κ1) is 24.2. The van der Waals surface area contributed by atoms with Crippen molar-refractivity contribution in [2.24, 2.45) is 0 Å². The van der Waals surface area contributed by atoms with Crippen LogP contribution >= 0.6 is 0 Å². The van der Waals surface area contributed by atoms with Gasteiger partial charge in [0.2, 0.25) is 21.8 Å². The van der Waals surface area contributed by atoms with Crippen LogP contribution in [-0.4, -0.2) is 64.0 Å². The number of carbonyl (C=O) groups is 2. The maximum atomic E-state index is 13.1. The van der Waals surface area contributed by atoms with E-state index in [9.17, 15) is 18.0 Å². The minimum Gasteiger partial charge on any atom is -0.492 e. The number of sulfonamides is 1. The van der Waals surface area contributed by atoms with Gasteiger partial charge in [-0.2, -0.15) is 4.31 Å². The van der Waals surface area contributed by atoms with Crippen molar-refractivity contribution >= 4 is 33.2 Å². The fourth-order valence-electron chi connectivity index (χ4n) is 4.18. The Balaban J connectivity index is 1.56. The number of aryl methyl sites for hydroxylation is 1. The molecule has 1 fully saturated rings. The molecule has 10 heteroatoms. The predicted octanol–water partition coefficient (Wildman–Crippen LogP) is 2.41. The van der Waals surface area contributed by atoms with Crippen LogP contribution in [0.5, 0.6) is 5.75 Å². The largest absolute Gasteiger partial charge is 0.492 e. The summed E-state index contributed by atoms with van der Waals surface area (Å²) in [5.41, 5.74) is 1.84. The van der Waals surface area contributed by atoms with Crippen molar-refractivity contribution in [2.75, 3.05) is 49.7 Å². The summed E-state index contributed by atoms with van der Waals surface area (Å²) in [6.45, 7) is 3.50. The molecule has 4 rings (SSSR count). The molecule has 0 saturated carbocycles. The Labute approximate surface area is 199 Å². The van der Waals surface area contributed by atoms with Crippen molar-refractivity contribution in [2.45, 2.75) is 31.1 Å². The van der Waals surface area contributed by atoms with Crippen LogP contribution in [0.3, 0.4) is 0 Å². The molecule has 2 aromatic rings. The van der Waals surface area contributed by atoms with Crippen LogP contribution in [0.25, 0.3) is 0 Å². The van der Waals surface area contributed by atoms with Crippen LogP contribution in [0.4, 0.5) is 11.4 Å². The molecule has 0 atom stereocenters. The van der Waals surface area contributed by atoms with E-state index in [0.717, 1.165) is 5.56 Å². The fourth-order valence-corrected chi connectivity index (χ4v) is 5.64. The molecule has 0 unspecified atom stereocenters. The number of amides is 2. The standard InChI is InChI=1S/C24H29N3O6S/c1-2-33-22-8-4-3-7-20(22)25-23(28)17-27-21-11-10-19(16-18(21)6-5-9-24(27)29)34(30,31)26-12-14-32-15-13-26/h3-4,7-8,10-11,16H,2,5-6,9,12-15,17H2,1H3,(H,25,28). The summed E-state index contributed by atoms with van der Waals surface area (Å²) in [5, 5.41) is 2.82. The normalized spacial score (nSPS) is 17.1. The minimum absolute atomic E-state index is 0.171. The summed E-state index contributed by atoms with van der Waals surface area (Å²) in [4.78, 5) is 27.3. The van der Waals surface area contributed by atoms with Gasteiger partial charge in [-0.3, -0.25) is 9.59 Å². The summed E-state index contributed by atoms with van der Waals surface area (Å²) >= 11 is 0. The lowest BCUT2D eigenvalue weighted by Crippen LogP contribution is -2.40. The zero-order valence-corrected chi connectivity index (χ0v) is 20.0. The van der Waals surface area contributed by atoms with E-state index in [1.165, 1.54) is 15.3 Å². The summed E-state index contributed by atoms with van der Waals surface area (Å²) in [6.07, 6.45) is 1.42. The lowest BCUT2D eigenvalue weighted by Gasteiger charge is -2.27. The number of morpholine rings is 1. The third kappa shape index (κ3) is 5.24. The number of anilines is 2. The van der Waals surface area contributed by atoms with E-state index in [1.807, 2.05) is 13.0 Å². The Kier molecular flexibility index (Phi) is 7.50. The topological polar surface area (TPSA) is 105 Å². The summed E-state index contributed by atoms with van der Waals surface area (Å²) in [6, 6.07) is 11.9. The molecule has 2 heterocycles. The molecule has 0 spiro atoms. The van der Waals surface area contributed by atoms with Gasteiger partial charge in [0.25, 0.3) is 0 Å². The van der Waals surface area contributed by atoms with Gasteiger partial charge in [0.1, 0.15) is 12.3 Å². The third-order valence-corrected chi connectivity index (χ3v) is 7.74. The van der Waals surface area contributed by atoms with Crippen molar-refractivity contribution in [1.82, 2.24) is 4.31 Å². The SMILES string of the molecule is CCOc1ccccc1NC(=O)CN1C(=O)CCCc2cc(S(=O)(=O)N3CCOCC3)ccc21. The molecule has 2 aromatic carbocycles. The molecule has 1 saturated heterocycles. The zero-order chi connectivity index (χ0) is 24.1. The summed E-state index contributed by atoms with van der Waals surface area (Å²) in [7, 11) is -3.66. The molecule has 1 N–H and O–H groups in total.